The zero-order chi connectivity index (χ0) is 28.2. The molecule has 1 saturated heterocycles. The summed E-state index contributed by atoms with van der Waals surface area (Å²) >= 11 is 1.47. The lowest BCUT2D eigenvalue weighted by Gasteiger charge is -2.37. The van der Waals surface area contributed by atoms with Gasteiger partial charge in [0.05, 0.1) is 36.9 Å². The van der Waals surface area contributed by atoms with Crippen LogP contribution < -0.4 is 9.47 Å². The minimum Gasteiger partial charge on any atom is -0.493 e. The van der Waals surface area contributed by atoms with Gasteiger partial charge in [0.15, 0.2) is 16.7 Å². The minimum atomic E-state index is -0.538. The third kappa shape index (κ3) is 5.89. The Bertz CT molecular complexity index is 1360. The highest BCUT2D eigenvalue weighted by Gasteiger charge is 2.42. The predicted molar refractivity (Wildman–Crippen MR) is 156 cm³/mol. The molecule has 8 nitrogen and oxygen atoms in total. The molecule has 1 fully saturated rings. The number of fused-ring (bicyclic) bond motifs is 1. The number of ether oxygens (including phenoxy) is 3. The molecule has 0 aromatic heterocycles. The molecule has 0 spiro atoms. The molecule has 0 saturated carbocycles. The van der Waals surface area contributed by atoms with Gasteiger partial charge in [-0.05, 0) is 62.3 Å². The second-order valence-electron chi connectivity index (χ2n) is 10.3. The van der Waals surface area contributed by atoms with Crippen LogP contribution in [0.15, 0.2) is 75.9 Å². The number of likely N-dealkylation sites (tertiary alicyclic amines) is 1. The Morgan fingerprint density at radius 3 is 2.52 bits per heavy atom. The molecule has 2 aromatic carbocycles. The van der Waals surface area contributed by atoms with Crippen molar-refractivity contribution in [1.82, 2.24) is 9.80 Å². The maximum Gasteiger partial charge on any atom is 0.338 e. The van der Waals surface area contributed by atoms with Gasteiger partial charge in [-0.15, -0.1) is 0 Å². The summed E-state index contributed by atoms with van der Waals surface area (Å²) in [5.41, 5.74) is 3.72. The number of carbonyl (C=O) groups excluding carboxylic acids is 2. The summed E-state index contributed by atoms with van der Waals surface area (Å²) in [6, 6.07) is 15.1. The van der Waals surface area contributed by atoms with E-state index in [0.29, 0.717) is 29.4 Å². The topological polar surface area (TPSA) is 80.7 Å². The van der Waals surface area contributed by atoms with Crippen LogP contribution in [-0.2, 0) is 20.9 Å². The SMILES string of the molecule is COc1cc([C@H]2C(C(=O)OC(C)C)=C(C)N=C3SC=C(CC(=O)N4CCCC4)N32)ccc1OCc1ccccc1. The zero-order valence-corrected chi connectivity index (χ0v) is 24.2. The van der Waals surface area contributed by atoms with Crippen LogP contribution in [0.5, 0.6) is 11.5 Å². The molecule has 3 heterocycles. The van der Waals surface area contributed by atoms with E-state index in [9.17, 15) is 9.59 Å². The van der Waals surface area contributed by atoms with Crippen LogP contribution >= 0.6 is 11.8 Å². The fourth-order valence-electron chi connectivity index (χ4n) is 5.17. The first kappa shape index (κ1) is 27.8. The number of amides is 1. The summed E-state index contributed by atoms with van der Waals surface area (Å²) in [6.07, 6.45) is 2.01. The number of nitrogens with zero attached hydrogens (tertiary/aromatic N) is 3. The fraction of sp³-hybridized carbons (Fsp3) is 0.387. The van der Waals surface area contributed by atoms with Crippen LogP contribution in [-0.4, -0.2) is 53.1 Å². The van der Waals surface area contributed by atoms with Gasteiger partial charge in [-0.3, -0.25) is 4.79 Å². The molecule has 3 aliphatic rings. The number of allylic oxidation sites excluding steroid dienone is 1. The number of hydrogen-bond acceptors (Lipinski definition) is 8. The van der Waals surface area contributed by atoms with Gasteiger partial charge in [0.25, 0.3) is 0 Å². The average Bonchev–Trinajstić information content (AvgIpc) is 3.62. The third-order valence-electron chi connectivity index (χ3n) is 7.10. The lowest BCUT2D eigenvalue weighted by molar-refractivity contribution is -0.143. The number of methoxy groups -OCH3 is 1. The summed E-state index contributed by atoms with van der Waals surface area (Å²) in [5.74, 6) is 0.815. The summed E-state index contributed by atoms with van der Waals surface area (Å²) < 4.78 is 17.5. The van der Waals surface area contributed by atoms with E-state index in [1.165, 1.54) is 11.8 Å². The van der Waals surface area contributed by atoms with Gasteiger partial charge in [-0.1, -0.05) is 48.2 Å². The smallest absolute Gasteiger partial charge is 0.338 e. The highest BCUT2D eigenvalue weighted by atomic mass is 32.2. The Morgan fingerprint density at radius 2 is 1.82 bits per heavy atom. The average molecular weight is 562 g/mol. The lowest BCUT2D eigenvalue weighted by atomic mass is 9.93. The second-order valence-corrected chi connectivity index (χ2v) is 11.1. The van der Waals surface area contributed by atoms with E-state index >= 15 is 0 Å². The monoisotopic (exact) mass is 561 g/mol. The molecule has 3 aliphatic heterocycles. The first-order valence-corrected chi connectivity index (χ1v) is 14.5. The van der Waals surface area contributed by atoms with Crippen molar-refractivity contribution in [2.45, 2.75) is 58.8 Å². The fourth-order valence-corrected chi connectivity index (χ4v) is 6.13. The molecule has 0 radical (unpaired) electrons. The molecule has 9 heteroatoms. The Labute approximate surface area is 239 Å². The normalized spacial score (nSPS) is 18.5. The lowest BCUT2D eigenvalue weighted by Crippen LogP contribution is -2.38. The molecule has 0 N–H and O–H groups in total. The van der Waals surface area contributed by atoms with Crippen LogP contribution in [0, 0.1) is 0 Å². The van der Waals surface area contributed by atoms with Crippen LogP contribution in [0.4, 0.5) is 0 Å². The summed E-state index contributed by atoms with van der Waals surface area (Å²) in [7, 11) is 1.60. The Morgan fingerprint density at radius 1 is 1.07 bits per heavy atom. The number of carbonyl (C=O) groups is 2. The molecule has 40 heavy (non-hydrogen) atoms. The van der Waals surface area contributed by atoms with Crippen molar-refractivity contribution in [2.24, 2.45) is 4.99 Å². The Kier molecular flexibility index (Phi) is 8.49. The molecule has 2 aromatic rings. The van der Waals surface area contributed by atoms with Crippen molar-refractivity contribution in [2.75, 3.05) is 20.2 Å². The Hall–Kier alpha value is -3.72. The highest BCUT2D eigenvalue weighted by Crippen LogP contribution is 2.46. The van der Waals surface area contributed by atoms with Gasteiger partial charge in [0.2, 0.25) is 5.91 Å². The largest absolute Gasteiger partial charge is 0.493 e. The number of amidine groups is 1. The minimum absolute atomic E-state index is 0.0872. The number of benzene rings is 2. The van der Waals surface area contributed by atoms with E-state index in [0.717, 1.165) is 47.9 Å². The molecular formula is C31H35N3O5S. The quantitative estimate of drug-likeness (QED) is 0.357. The van der Waals surface area contributed by atoms with Crippen molar-refractivity contribution in [3.8, 4) is 11.5 Å². The molecular weight excluding hydrogens is 526 g/mol. The van der Waals surface area contributed by atoms with Gasteiger partial charge in [0.1, 0.15) is 6.61 Å². The van der Waals surface area contributed by atoms with E-state index in [1.54, 1.807) is 7.11 Å². The summed E-state index contributed by atoms with van der Waals surface area (Å²) in [4.78, 5) is 35.3. The number of aliphatic imine (C=N–C) groups is 1. The first-order chi connectivity index (χ1) is 19.4. The molecule has 210 valence electrons. The van der Waals surface area contributed by atoms with Crippen molar-refractivity contribution < 1.29 is 23.8 Å². The van der Waals surface area contributed by atoms with Crippen molar-refractivity contribution in [3.63, 3.8) is 0 Å². The van der Waals surface area contributed by atoms with Crippen molar-refractivity contribution >= 4 is 28.8 Å². The molecule has 0 bridgehead atoms. The summed E-state index contributed by atoms with van der Waals surface area (Å²) in [6.45, 7) is 7.46. The maximum atomic E-state index is 13.5. The third-order valence-corrected chi connectivity index (χ3v) is 7.98. The standard InChI is InChI=1S/C31H35N3O5S/c1-20(2)39-30(36)28-21(3)32-31-34(24(19-40-31)17-27(35)33-14-8-9-15-33)29(28)23-12-13-25(26(16-23)37-4)38-18-22-10-6-5-7-11-22/h5-7,10-13,16,19-20,29H,8-9,14-15,17-18H2,1-4H3/t29-/m0/s1. The molecule has 5 rings (SSSR count). The van der Waals surface area contributed by atoms with Crippen LogP contribution in [0.3, 0.4) is 0 Å². The molecule has 0 aliphatic carbocycles. The second kappa shape index (κ2) is 12.2. The van der Waals surface area contributed by atoms with Gasteiger partial charge >= 0.3 is 5.97 Å². The Balaban J connectivity index is 1.49. The van der Waals surface area contributed by atoms with Gasteiger partial charge in [-0.25, -0.2) is 9.79 Å². The number of thioether (sulfide) groups is 1. The van der Waals surface area contributed by atoms with E-state index in [2.05, 4.69) is 0 Å². The molecule has 0 unspecified atom stereocenters. The summed E-state index contributed by atoms with van der Waals surface area (Å²) in [5, 5.41) is 2.70. The van der Waals surface area contributed by atoms with E-state index in [1.807, 2.05) is 84.5 Å². The molecule has 1 atom stereocenters. The van der Waals surface area contributed by atoms with Crippen LogP contribution in [0.1, 0.15) is 57.2 Å². The maximum absolute atomic E-state index is 13.5. The van der Waals surface area contributed by atoms with Gasteiger partial charge < -0.3 is 24.0 Å². The number of esters is 1. The first-order valence-electron chi connectivity index (χ1n) is 13.6. The van der Waals surface area contributed by atoms with Crippen molar-refractivity contribution in [1.29, 1.82) is 0 Å². The van der Waals surface area contributed by atoms with Crippen LogP contribution in [0.2, 0.25) is 0 Å². The highest BCUT2D eigenvalue weighted by molar-refractivity contribution is 8.16. The predicted octanol–water partition coefficient (Wildman–Crippen LogP) is 5.81. The number of hydrogen-bond donors (Lipinski definition) is 0. The zero-order valence-electron chi connectivity index (χ0n) is 23.4. The van der Waals surface area contributed by atoms with Crippen LogP contribution in [0.25, 0.3) is 0 Å². The van der Waals surface area contributed by atoms with Gasteiger partial charge in [-0.2, -0.15) is 0 Å². The van der Waals surface area contributed by atoms with E-state index in [-0.39, 0.29) is 18.4 Å². The van der Waals surface area contributed by atoms with E-state index in [4.69, 9.17) is 19.2 Å². The molecule has 1 amide bonds. The van der Waals surface area contributed by atoms with Gasteiger partial charge in [0, 0.05) is 18.8 Å². The number of rotatable bonds is 9. The van der Waals surface area contributed by atoms with E-state index < -0.39 is 12.0 Å². The van der Waals surface area contributed by atoms with Crippen molar-refractivity contribution in [3.05, 3.63) is 82.0 Å².